The lowest BCUT2D eigenvalue weighted by Gasteiger charge is -2.22. The van der Waals surface area contributed by atoms with E-state index in [0.29, 0.717) is 16.9 Å². The minimum atomic E-state index is -0.788. The van der Waals surface area contributed by atoms with Crippen LogP contribution >= 0.6 is 0 Å². The summed E-state index contributed by atoms with van der Waals surface area (Å²) in [6.07, 6.45) is -1.58. The van der Waals surface area contributed by atoms with Crippen LogP contribution in [0, 0.1) is 0 Å². The van der Waals surface area contributed by atoms with E-state index in [4.69, 9.17) is 9.47 Å². The van der Waals surface area contributed by atoms with Crippen LogP contribution in [0.2, 0.25) is 0 Å². The van der Waals surface area contributed by atoms with Gasteiger partial charge in [0.15, 0.2) is 0 Å². The number of benzene rings is 2. The summed E-state index contributed by atoms with van der Waals surface area (Å²) in [4.78, 5) is 40.9. The van der Waals surface area contributed by atoms with E-state index in [1.807, 2.05) is 6.07 Å². The van der Waals surface area contributed by atoms with Gasteiger partial charge in [-0.1, -0.05) is 18.2 Å². The van der Waals surface area contributed by atoms with Crippen molar-refractivity contribution < 1.29 is 23.9 Å². The SMILES string of the molecule is CC(C)(C)OC(=O)NC(=Nc1ccc(NC(=O)c2ccccc2)cc1)NC(=O)OC(C)(C)C. The van der Waals surface area contributed by atoms with Crippen LogP contribution in [0.15, 0.2) is 59.6 Å². The molecule has 0 aliphatic rings. The lowest BCUT2D eigenvalue weighted by Crippen LogP contribution is -2.47. The molecule has 0 spiro atoms. The number of hydrogen-bond donors (Lipinski definition) is 3. The summed E-state index contributed by atoms with van der Waals surface area (Å²) in [6.45, 7) is 10.3. The van der Waals surface area contributed by atoms with Crippen molar-refractivity contribution in [2.75, 3.05) is 5.32 Å². The Labute approximate surface area is 193 Å². The van der Waals surface area contributed by atoms with Crippen molar-refractivity contribution >= 4 is 35.4 Å². The number of nitrogens with zero attached hydrogens (tertiary/aromatic N) is 1. The average Bonchev–Trinajstić information content (AvgIpc) is 2.67. The van der Waals surface area contributed by atoms with Crippen LogP contribution in [0.1, 0.15) is 51.9 Å². The van der Waals surface area contributed by atoms with Gasteiger partial charge in [0.25, 0.3) is 5.91 Å². The molecule has 9 heteroatoms. The molecule has 0 aliphatic carbocycles. The third-order valence-corrected chi connectivity index (χ3v) is 3.64. The van der Waals surface area contributed by atoms with Crippen LogP contribution in [-0.4, -0.2) is 35.3 Å². The second-order valence-electron chi connectivity index (χ2n) is 9.08. The number of hydrogen-bond acceptors (Lipinski definition) is 6. The number of amides is 3. The van der Waals surface area contributed by atoms with Gasteiger partial charge in [-0.15, -0.1) is 0 Å². The number of rotatable bonds is 3. The Hall–Kier alpha value is -3.88. The first-order valence-electron chi connectivity index (χ1n) is 10.4. The van der Waals surface area contributed by atoms with E-state index in [2.05, 4.69) is 20.9 Å². The predicted molar refractivity (Wildman–Crippen MR) is 127 cm³/mol. The Balaban J connectivity index is 2.16. The normalized spacial score (nSPS) is 11.1. The third-order valence-electron chi connectivity index (χ3n) is 3.64. The number of carbonyl (C=O) groups excluding carboxylic acids is 3. The van der Waals surface area contributed by atoms with Gasteiger partial charge in [-0.25, -0.2) is 14.6 Å². The summed E-state index contributed by atoms with van der Waals surface area (Å²) in [6, 6.07) is 15.4. The highest BCUT2D eigenvalue weighted by Crippen LogP contribution is 2.17. The fourth-order valence-electron chi connectivity index (χ4n) is 2.43. The minimum Gasteiger partial charge on any atom is -0.444 e. The van der Waals surface area contributed by atoms with E-state index in [1.165, 1.54) is 0 Å². The van der Waals surface area contributed by atoms with Crippen LogP contribution in [0.5, 0.6) is 0 Å². The van der Waals surface area contributed by atoms with Gasteiger partial charge in [0.05, 0.1) is 5.69 Å². The van der Waals surface area contributed by atoms with E-state index < -0.39 is 23.4 Å². The molecule has 0 radical (unpaired) electrons. The zero-order chi connectivity index (χ0) is 24.6. The molecule has 3 N–H and O–H groups in total. The molecular formula is C24H30N4O5. The molecule has 0 fully saturated rings. The van der Waals surface area contributed by atoms with Crippen LogP contribution in [0.4, 0.5) is 21.0 Å². The molecule has 3 amide bonds. The average molecular weight is 455 g/mol. The number of guanidine groups is 1. The minimum absolute atomic E-state index is 0.167. The first-order valence-corrected chi connectivity index (χ1v) is 10.4. The Morgan fingerprint density at radius 3 is 1.67 bits per heavy atom. The lowest BCUT2D eigenvalue weighted by molar-refractivity contribution is 0.0545. The van der Waals surface area contributed by atoms with Crippen molar-refractivity contribution in [3.63, 3.8) is 0 Å². The van der Waals surface area contributed by atoms with Crippen molar-refractivity contribution in [3.8, 4) is 0 Å². The highest BCUT2D eigenvalue weighted by molar-refractivity contribution is 6.04. The molecule has 176 valence electrons. The van der Waals surface area contributed by atoms with Crippen molar-refractivity contribution in [2.45, 2.75) is 52.7 Å². The predicted octanol–water partition coefficient (Wildman–Crippen LogP) is 4.98. The summed E-state index contributed by atoms with van der Waals surface area (Å²) < 4.78 is 10.4. The highest BCUT2D eigenvalue weighted by atomic mass is 16.6. The second kappa shape index (κ2) is 10.6. The summed E-state index contributed by atoms with van der Waals surface area (Å²) >= 11 is 0. The van der Waals surface area contributed by atoms with Gasteiger partial charge in [-0.05, 0) is 77.9 Å². The van der Waals surface area contributed by atoms with E-state index >= 15 is 0 Å². The Morgan fingerprint density at radius 2 is 1.21 bits per heavy atom. The van der Waals surface area contributed by atoms with Crippen molar-refractivity contribution in [1.29, 1.82) is 0 Å². The molecule has 0 bridgehead atoms. The first-order chi connectivity index (χ1) is 15.3. The van der Waals surface area contributed by atoms with Crippen LogP contribution in [-0.2, 0) is 9.47 Å². The van der Waals surface area contributed by atoms with E-state index in [1.54, 1.807) is 90.1 Å². The zero-order valence-electron chi connectivity index (χ0n) is 19.7. The molecule has 9 nitrogen and oxygen atoms in total. The Kier molecular flexibility index (Phi) is 8.17. The number of ether oxygens (including phenoxy) is 2. The van der Waals surface area contributed by atoms with Gasteiger partial charge in [-0.2, -0.15) is 0 Å². The molecule has 0 saturated heterocycles. The smallest absolute Gasteiger partial charge is 0.414 e. The number of nitrogens with one attached hydrogen (secondary N) is 3. The number of alkyl carbamates (subject to hydrolysis) is 2. The lowest BCUT2D eigenvalue weighted by atomic mass is 10.2. The van der Waals surface area contributed by atoms with Gasteiger partial charge in [0, 0.05) is 11.3 Å². The van der Waals surface area contributed by atoms with Crippen molar-refractivity contribution in [1.82, 2.24) is 10.6 Å². The molecule has 33 heavy (non-hydrogen) atoms. The van der Waals surface area contributed by atoms with Crippen LogP contribution < -0.4 is 16.0 Å². The first kappa shape index (κ1) is 25.4. The number of carbonyl (C=O) groups is 3. The maximum absolute atomic E-state index is 12.3. The Bertz CT molecular complexity index is 972. The molecule has 2 rings (SSSR count). The van der Waals surface area contributed by atoms with E-state index in [-0.39, 0.29) is 11.9 Å². The molecule has 0 heterocycles. The summed E-state index contributed by atoms with van der Waals surface area (Å²) in [5.41, 5.74) is 0.0313. The van der Waals surface area contributed by atoms with Gasteiger partial charge < -0.3 is 14.8 Å². The highest BCUT2D eigenvalue weighted by Gasteiger charge is 2.21. The maximum atomic E-state index is 12.3. The Morgan fingerprint density at radius 1 is 0.727 bits per heavy atom. The molecule has 2 aromatic carbocycles. The van der Waals surface area contributed by atoms with E-state index in [9.17, 15) is 14.4 Å². The third kappa shape index (κ3) is 9.86. The van der Waals surface area contributed by atoms with Gasteiger partial charge in [0.1, 0.15) is 11.2 Å². The fraction of sp³-hybridized carbons (Fsp3) is 0.333. The standard InChI is InChI=1S/C24H30N4O5/c1-23(2,3)32-21(30)27-20(28-22(31)33-24(4,5)6)26-18-14-12-17(13-15-18)25-19(29)16-10-8-7-9-11-16/h7-15H,1-6H3,(H,25,29)(H2,26,27,28,30,31). The van der Waals surface area contributed by atoms with Crippen molar-refractivity contribution in [3.05, 3.63) is 60.2 Å². The monoisotopic (exact) mass is 454 g/mol. The summed E-state index contributed by atoms with van der Waals surface area (Å²) in [5, 5.41) is 7.62. The quantitative estimate of drug-likeness (QED) is 0.447. The van der Waals surface area contributed by atoms with Gasteiger partial charge in [0.2, 0.25) is 5.96 Å². The topological polar surface area (TPSA) is 118 Å². The molecule has 0 aliphatic heterocycles. The molecule has 0 aromatic heterocycles. The fourth-order valence-corrected chi connectivity index (χ4v) is 2.43. The molecular weight excluding hydrogens is 424 g/mol. The van der Waals surface area contributed by atoms with Gasteiger partial charge in [-0.3, -0.25) is 15.4 Å². The molecule has 0 atom stereocenters. The summed E-state index contributed by atoms with van der Waals surface area (Å²) in [5.74, 6) is -0.412. The molecule has 0 unspecified atom stereocenters. The van der Waals surface area contributed by atoms with Crippen molar-refractivity contribution in [2.24, 2.45) is 4.99 Å². The second-order valence-corrected chi connectivity index (χ2v) is 9.08. The van der Waals surface area contributed by atoms with Crippen LogP contribution in [0.3, 0.4) is 0 Å². The maximum Gasteiger partial charge on any atom is 0.414 e. The van der Waals surface area contributed by atoms with Gasteiger partial charge >= 0.3 is 12.2 Å². The number of anilines is 1. The molecule has 2 aromatic rings. The summed E-state index contributed by atoms with van der Waals surface area (Å²) in [7, 11) is 0. The number of aliphatic imine (C=N–C) groups is 1. The van der Waals surface area contributed by atoms with Crippen LogP contribution in [0.25, 0.3) is 0 Å². The molecule has 0 saturated carbocycles. The largest absolute Gasteiger partial charge is 0.444 e. The van der Waals surface area contributed by atoms with E-state index in [0.717, 1.165) is 0 Å². The zero-order valence-corrected chi connectivity index (χ0v) is 19.7.